The summed E-state index contributed by atoms with van der Waals surface area (Å²) >= 11 is 0. The van der Waals surface area contributed by atoms with Crippen LogP contribution in [0.4, 0.5) is 0 Å². The van der Waals surface area contributed by atoms with E-state index in [1.807, 2.05) is 12.1 Å². The Bertz CT molecular complexity index is 315. The lowest BCUT2D eigenvalue weighted by Crippen LogP contribution is -2.40. The van der Waals surface area contributed by atoms with Gasteiger partial charge in [-0.15, -0.1) is 0 Å². The third kappa shape index (κ3) is 1.91. The van der Waals surface area contributed by atoms with Crippen LogP contribution in [-0.2, 0) is 4.74 Å². The summed E-state index contributed by atoms with van der Waals surface area (Å²) in [4.78, 5) is 0. The van der Waals surface area contributed by atoms with Gasteiger partial charge in [0.25, 0.3) is 0 Å². The molecule has 1 fully saturated rings. The molecule has 0 aromatic carbocycles. The van der Waals surface area contributed by atoms with E-state index in [9.17, 15) is 0 Å². The highest BCUT2D eigenvalue weighted by atomic mass is 16.5. The third-order valence-corrected chi connectivity index (χ3v) is 4.27. The smallest absolute Gasteiger partial charge is 0.132 e. The number of furan rings is 1. The number of rotatable bonds is 2. The molecule has 0 amide bonds. The molecule has 0 saturated carbocycles. The van der Waals surface area contributed by atoms with Gasteiger partial charge in [0.15, 0.2) is 0 Å². The quantitative estimate of drug-likeness (QED) is 0.753. The van der Waals surface area contributed by atoms with Crippen molar-refractivity contribution in [3.05, 3.63) is 24.2 Å². The molecule has 0 aliphatic carbocycles. The molecule has 1 aromatic rings. The van der Waals surface area contributed by atoms with Crippen molar-refractivity contribution in [1.29, 1.82) is 0 Å². The van der Waals surface area contributed by atoms with Crippen LogP contribution in [-0.4, -0.2) is 6.10 Å². The molecule has 2 nitrogen and oxygen atoms in total. The summed E-state index contributed by atoms with van der Waals surface area (Å²) in [5, 5.41) is 0. The van der Waals surface area contributed by atoms with Crippen LogP contribution >= 0.6 is 0 Å². The topological polar surface area (TPSA) is 22.4 Å². The van der Waals surface area contributed by atoms with Crippen LogP contribution in [0.1, 0.15) is 46.0 Å². The van der Waals surface area contributed by atoms with Gasteiger partial charge in [0.2, 0.25) is 0 Å². The normalized spacial score (nSPS) is 39.9. The maximum atomic E-state index is 6.18. The van der Waals surface area contributed by atoms with Gasteiger partial charge in [0, 0.05) is 0 Å². The van der Waals surface area contributed by atoms with Gasteiger partial charge in [0.05, 0.1) is 12.4 Å². The summed E-state index contributed by atoms with van der Waals surface area (Å²) in [5.74, 6) is 2.80. The Morgan fingerprint density at radius 1 is 1.12 bits per heavy atom. The van der Waals surface area contributed by atoms with Crippen molar-refractivity contribution in [2.75, 3.05) is 0 Å². The molecule has 90 valence electrons. The van der Waals surface area contributed by atoms with Gasteiger partial charge in [-0.05, 0) is 36.3 Å². The van der Waals surface area contributed by atoms with Gasteiger partial charge in [-0.2, -0.15) is 0 Å². The Morgan fingerprint density at radius 3 is 2.44 bits per heavy atom. The standard InChI is InChI=1S/C14H22O2/c1-5-12-10(3)9(2)11(4)14(16-12)13-7-6-8-15-13/h6-12,14H,5H2,1-4H3. The first-order valence-electron chi connectivity index (χ1n) is 6.34. The number of hydrogen-bond donors (Lipinski definition) is 0. The monoisotopic (exact) mass is 222 g/mol. The fraction of sp³-hybridized carbons (Fsp3) is 0.714. The number of hydrogen-bond acceptors (Lipinski definition) is 2. The summed E-state index contributed by atoms with van der Waals surface area (Å²) in [7, 11) is 0. The minimum atomic E-state index is 0.131. The van der Waals surface area contributed by atoms with Crippen molar-refractivity contribution >= 4 is 0 Å². The lowest BCUT2D eigenvalue weighted by molar-refractivity contribution is -0.143. The van der Waals surface area contributed by atoms with Crippen LogP contribution in [0.2, 0.25) is 0 Å². The molecule has 2 rings (SSSR count). The molecular formula is C14H22O2. The molecule has 1 aromatic heterocycles. The summed E-state index contributed by atoms with van der Waals surface area (Å²) in [6, 6.07) is 3.96. The van der Waals surface area contributed by atoms with Crippen LogP contribution < -0.4 is 0 Å². The number of ether oxygens (including phenoxy) is 1. The van der Waals surface area contributed by atoms with Gasteiger partial charge >= 0.3 is 0 Å². The highest BCUT2D eigenvalue weighted by molar-refractivity contribution is 5.06. The second-order valence-corrected chi connectivity index (χ2v) is 5.10. The minimum Gasteiger partial charge on any atom is -0.467 e. The van der Waals surface area contributed by atoms with Crippen molar-refractivity contribution in [3.8, 4) is 0 Å². The average molecular weight is 222 g/mol. The highest BCUT2D eigenvalue weighted by Crippen LogP contribution is 2.43. The molecule has 0 radical (unpaired) electrons. The fourth-order valence-electron chi connectivity index (χ4n) is 2.78. The Morgan fingerprint density at radius 2 is 1.88 bits per heavy atom. The molecule has 2 heterocycles. The van der Waals surface area contributed by atoms with Crippen molar-refractivity contribution in [2.45, 2.75) is 46.3 Å². The Hall–Kier alpha value is -0.760. The van der Waals surface area contributed by atoms with Crippen LogP contribution in [0.25, 0.3) is 0 Å². The summed E-state index contributed by atoms with van der Waals surface area (Å²) in [5.41, 5.74) is 0. The maximum absolute atomic E-state index is 6.18. The summed E-state index contributed by atoms with van der Waals surface area (Å²) in [6.45, 7) is 9.09. The van der Waals surface area contributed by atoms with Gasteiger partial charge in [-0.3, -0.25) is 0 Å². The van der Waals surface area contributed by atoms with E-state index in [-0.39, 0.29) is 6.10 Å². The van der Waals surface area contributed by atoms with Gasteiger partial charge in [0.1, 0.15) is 11.9 Å². The average Bonchev–Trinajstić information content (AvgIpc) is 2.80. The van der Waals surface area contributed by atoms with Crippen LogP contribution in [0.3, 0.4) is 0 Å². The minimum absolute atomic E-state index is 0.131. The molecule has 0 spiro atoms. The second kappa shape index (κ2) is 4.62. The lowest BCUT2D eigenvalue weighted by Gasteiger charge is -2.42. The van der Waals surface area contributed by atoms with E-state index in [2.05, 4.69) is 27.7 Å². The Kier molecular flexibility index (Phi) is 3.38. The Labute approximate surface area is 98.0 Å². The first-order valence-corrected chi connectivity index (χ1v) is 6.34. The summed E-state index contributed by atoms with van der Waals surface area (Å²) in [6.07, 6.45) is 3.30. The van der Waals surface area contributed by atoms with E-state index in [4.69, 9.17) is 9.15 Å². The van der Waals surface area contributed by atoms with Crippen molar-refractivity contribution < 1.29 is 9.15 Å². The summed E-state index contributed by atoms with van der Waals surface area (Å²) < 4.78 is 11.7. The molecule has 5 atom stereocenters. The third-order valence-electron chi connectivity index (χ3n) is 4.27. The van der Waals surface area contributed by atoms with Crippen molar-refractivity contribution in [3.63, 3.8) is 0 Å². The first-order chi connectivity index (χ1) is 7.65. The zero-order valence-corrected chi connectivity index (χ0v) is 10.6. The maximum Gasteiger partial charge on any atom is 0.132 e. The fourth-order valence-corrected chi connectivity index (χ4v) is 2.78. The van der Waals surface area contributed by atoms with E-state index in [0.29, 0.717) is 23.9 Å². The zero-order chi connectivity index (χ0) is 11.7. The first kappa shape index (κ1) is 11.7. The van der Waals surface area contributed by atoms with E-state index in [0.717, 1.165) is 12.2 Å². The van der Waals surface area contributed by atoms with Crippen molar-refractivity contribution in [1.82, 2.24) is 0 Å². The Balaban J connectivity index is 2.20. The predicted molar refractivity (Wildman–Crippen MR) is 64.1 cm³/mol. The van der Waals surface area contributed by atoms with E-state index in [1.165, 1.54) is 0 Å². The molecule has 0 bridgehead atoms. The van der Waals surface area contributed by atoms with E-state index < -0.39 is 0 Å². The SMILES string of the molecule is CCC1OC(c2ccco2)C(C)C(C)C1C. The molecule has 5 unspecified atom stereocenters. The molecular weight excluding hydrogens is 200 g/mol. The second-order valence-electron chi connectivity index (χ2n) is 5.10. The predicted octanol–water partition coefficient (Wildman–Crippen LogP) is 4.04. The van der Waals surface area contributed by atoms with E-state index in [1.54, 1.807) is 6.26 Å². The van der Waals surface area contributed by atoms with Crippen molar-refractivity contribution in [2.24, 2.45) is 17.8 Å². The largest absolute Gasteiger partial charge is 0.467 e. The molecule has 2 heteroatoms. The molecule has 0 N–H and O–H groups in total. The lowest BCUT2D eigenvalue weighted by atomic mass is 9.75. The van der Waals surface area contributed by atoms with Gasteiger partial charge in [-0.1, -0.05) is 27.7 Å². The molecule has 16 heavy (non-hydrogen) atoms. The van der Waals surface area contributed by atoms with Gasteiger partial charge < -0.3 is 9.15 Å². The van der Waals surface area contributed by atoms with Crippen LogP contribution in [0.15, 0.2) is 22.8 Å². The molecule has 1 saturated heterocycles. The highest BCUT2D eigenvalue weighted by Gasteiger charge is 2.39. The van der Waals surface area contributed by atoms with Crippen LogP contribution in [0.5, 0.6) is 0 Å². The van der Waals surface area contributed by atoms with Gasteiger partial charge in [-0.25, -0.2) is 0 Å². The van der Waals surface area contributed by atoms with E-state index >= 15 is 0 Å². The van der Waals surface area contributed by atoms with Crippen LogP contribution in [0, 0.1) is 17.8 Å². The molecule has 1 aliphatic rings. The zero-order valence-electron chi connectivity index (χ0n) is 10.6. The molecule has 1 aliphatic heterocycles.